The Morgan fingerprint density at radius 2 is 1.95 bits per heavy atom. The van der Waals surface area contributed by atoms with Gasteiger partial charge in [0.15, 0.2) is 0 Å². The van der Waals surface area contributed by atoms with Crippen molar-refractivity contribution in [2.75, 3.05) is 6.54 Å². The van der Waals surface area contributed by atoms with Gasteiger partial charge in [0.25, 0.3) is 0 Å². The lowest BCUT2D eigenvalue weighted by Gasteiger charge is -2.04. The molecule has 1 N–H and O–H groups in total. The second-order valence-corrected chi connectivity index (χ2v) is 6.21. The van der Waals surface area contributed by atoms with E-state index in [9.17, 15) is 0 Å². The molecule has 0 amide bonds. The molecule has 0 aliphatic carbocycles. The molecule has 0 aliphatic heterocycles. The van der Waals surface area contributed by atoms with Gasteiger partial charge in [-0.05, 0) is 24.4 Å². The van der Waals surface area contributed by atoms with Crippen molar-refractivity contribution in [3.63, 3.8) is 0 Å². The quantitative estimate of drug-likeness (QED) is 0.857. The Kier molecular flexibility index (Phi) is 5.11. The maximum Gasteiger partial charge on any atom is 0.107 e. The fourth-order valence-corrected chi connectivity index (χ4v) is 3.13. The SMILES string of the molecule is CCc1nc(CNCC(C)C)sc1-c1ccccc1. The second kappa shape index (κ2) is 6.83. The molecule has 3 heteroatoms. The Bertz CT molecular complexity index is 503. The number of hydrogen-bond donors (Lipinski definition) is 1. The minimum absolute atomic E-state index is 0.680. The summed E-state index contributed by atoms with van der Waals surface area (Å²) in [5, 5.41) is 4.66. The third-order valence-electron chi connectivity index (χ3n) is 2.94. The molecule has 0 aliphatic rings. The van der Waals surface area contributed by atoms with Gasteiger partial charge in [0.2, 0.25) is 0 Å². The normalized spacial score (nSPS) is 11.2. The molecule has 0 unspecified atom stereocenters. The van der Waals surface area contributed by atoms with Crippen LogP contribution in [0.15, 0.2) is 30.3 Å². The standard InChI is InChI=1S/C16H22N2S/c1-4-14-16(13-8-6-5-7-9-13)19-15(18-14)11-17-10-12(2)3/h5-9,12,17H,4,10-11H2,1-3H3. The summed E-state index contributed by atoms with van der Waals surface area (Å²) in [6.07, 6.45) is 0.991. The van der Waals surface area contributed by atoms with Crippen molar-refractivity contribution in [2.24, 2.45) is 5.92 Å². The van der Waals surface area contributed by atoms with E-state index in [1.165, 1.54) is 21.1 Å². The van der Waals surface area contributed by atoms with Crippen LogP contribution in [0.3, 0.4) is 0 Å². The number of nitrogens with zero attached hydrogens (tertiary/aromatic N) is 1. The largest absolute Gasteiger partial charge is 0.310 e. The summed E-state index contributed by atoms with van der Waals surface area (Å²) in [4.78, 5) is 6.08. The molecule has 2 aromatic rings. The molecule has 2 nitrogen and oxygen atoms in total. The first-order valence-electron chi connectivity index (χ1n) is 6.95. The van der Waals surface area contributed by atoms with E-state index in [1.54, 1.807) is 0 Å². The van der Waals surface area contributed by atoms with Crippen molar-refractivity contribution in [1.29, 1.82) is 0 Å². The van der Waals surface area contributed by atoms with Gasteiger partial charge in [-0.15, -0.1) is 11.3 Å². The van der Waals surface area contributed by atoms with Crippen molar-refractivity contribution < 1.29 is 0 Å². The molecule has 0 saturated heterocycles. The third kappa shape index (κ3) is 3.88. The maximum absolute atomic E-state index is 4.76. The molecule has 0 radical (unpaired) electrons. The molecule has 19 heavy (non-hydrogen) atoms. The summed E-state index contributed by atoms with van der Waals surface area (Å²) in [5.41, 5.74) is 2.50. The van der Waals surface area contributed by atoms with Crippen molar-refractivity contribution in [1.82, 2.24) is 10.3 Å². The third-order valence-corrected chi connectivity index (χ3v) is 4.09. The summed E-state index contributed by atoms with van der Waals surface area (Å²) < 4.78 is 0. The number of nitrogens with one attached hydrogen (secondary N) is 1. The number of thiazole rings is 1. The number of benzene rings is 1. The van der Waals surface area contributed by atoms with Crippen LogP contribution in [-0.2, 0) is 13.0 Å². The van der Waals surface area contributed by atoms with E-state index in [-0.39, 0.29) is 0 Å². The molecular formula is C16H22N2S. The van der Waals surface area contributed by atoms with Crippen molar-refractivity contribution in [3.8, 4) is 10.4 Å². The predicted molar refractivity (Wildman–Crippen MR) is 83.5 cm³/mol. The molecule has 1 aromatic heterocycles. The van der Waals surface area contributed by atoms with E-state index < -0.39 is 0 Å². The highest BCUT2D eigenvalue weighted by atomic mass is 32.1. The van der Waals surface area contributed by atoms with E-state index in [2.05, 4.69) is 56.4 Å². The topological polar surface area (TPSA) is 24.9 Å². The lowest BCUT2D eigenvalue weighted by molar-refractivity contribution is 0.551. The zero-order valence-electron chi connectivity index (χ0n) is 11.9. The first-order chi connectivity index (χ1) is 9.20. The zero-order chi connectivity index (χ0) is 13.7. The minimum atomic E-state index is 0.680. The van der Waals surface area contributed by atoms with Crippen LogP contribution in [0.5, 0.6) is 0 Å². The van der Waals surface area contributed by atoms with Gasteiger partial charge in [-0.1, -0.05) is 51.1 Å². The summed E-state index contributed by atoms with van der Waals surface area (Å²) in [5.74, 6) is 0.680. The van der Waals surface area contributed by atoms with Crippen LogP contribution >= 0.6 is 11.3 Å². The fraction of sp³-hybridized carbons (Fsp3) is 0.438. The van der Waals surface area contributed by atoms with Crippen molar-refractivity contribution in [2.45, 2.75) is 33.7 Å². The lowest BCUT2D eigenvalue weighted by atomic mass is 10.1. The molecule has 0 bridgehead atoms. The highest BCUT2D eigenvalue weighted by molar-refractivity contribution is 7.15. The molecule has 0 atom stereocenters. The second-order valence-electron chi connectivity index (χ2n) is 5.13. The van der Waals surface area contributed by atoms with Crippen LogP contribution < -0.4 is 5.32 Å². The fourth-order valence-electron chi connectivity index (χ4n) is 2.00. The monoisotopic (exact) mass is 274 g/mol. The minimum Gasteiger partial charge on any atom is -0.310 e. The number of hydrogen-bond acceptors (Lipinski definition) is 3. The Hall–Kier alpha value is -1.19. The summed E-state index contributed by atoms with van der Waals surface area (Å²) in [7, 11) is 0. The molecule has 102 valence electrons. The highest BCUT2D eigenvalue weighted by Gasteiger charge is 2.11. The van der Waals surface area contributed by atoms with Gasteiger partial charge in [-0.3, -0.25) is 0 Å². The van der Waals surface area contributed by atoms with E-state index in [0.717, 1.165) is 19.5 Å². The predicted octanol–water partition coefficient (Wildman–Crippen LogP) is 4.12. The number of aromatic nitrogens is 1. The summed E-state index contributed by atoms with van der Waals surface area (Å²) in [6.45, 7) is 8.54. The van der Waals surface area contributed by atoms with Gasteiger partial charge < -0.3 is 5.32 Å². The van der Waals surface area contributed by atoms with Gasteiger partial charge in [0, 0.05) is 6.54 Å². The first-order valence-corrected chi connectivity index (χ1v) is 7.77. The maximum atomic E-state index is 4.76. The first kappa shape index (κ1) is 14.2. The van der Waals surface area contributed by atoms with Crippen molar-refractivity contribution >= 4 is 11.3 Å². The van der Waals surface area contributed by atoms with E-state index >= 15 is 0 Å². The average Bonchev–Trinajstić information content (AvgIpc) is 2.82. The van der Waals surface area contributed by atoms with Gasteiger partial charge in [0.05, 0.1) is 10.6 Å². The van der Waals surface area contributed by atoms with E-state index in [4.69, 9.17) is 4.98 Å². The molecule has 1 heterocycles. The van der Waals surface area contributed by atoms with Gasteiger partial charge in [-0.2, -0.15) is 0 Å². The summed E-state index contributed by atoms with van der Waals surface area (Å²) >= 11 is 1.82. The highest BCUT2D eigenvalue weighted by Crippen LogP contribution is 2.30. The summed E-state index contributed by atoms with van der Waals surface area (Å²) in [6, 6.07) is 10.6. The van der Waals surface area contributed by atoms with Crippen LogP contribution in [0, 0.1) is 5.92 Å². The lowest BCUT2D eigenvalue weighted by Crippen LogP contribution is -2.18. The molecule has 0 saturated carbocycles. The van der Waals surface area contributed by atoms with E-state index in [0.29, 0.717) is 5.92 Å². The molecule has 0 fully saturated rings. The number of aryl methyl sites for hydroxylation is 1. The Labute approximate surface area is 119 Å². The van der Waals surface area contributed by atoms with Crippen LogP contribution in [0.25, 0.3) is 10.4 Å². The van der Waals surface area contributed by atoms with Crippen LogP contribution in [0.1, 0.15) is 31.5 Å². The Balaban J connectivity index is 2.14. The van der Waals surface area contributed by atoms with Crippen LogP contribution in [-0.4, -0.2) is 11.5 Å². The molecular weight excluding hydrogens is 252 g/mol. The molecule has 2 rings (SSSR count). The van der Waals surface area contributed by atoms with Gasteiger partial charge in [-0.25, -0.2) is 4.98 Å². The van der Waals surface area contributed by atoms with Crippen LogP contribution in [0.2, 0.25) is 0 Å². The Morgan fingerprint density at radius 1 is 1.21 bits per heavy atom. The smallest absolute Gasteiger partial charge is 0.107 e. The van der Waals surface area contributed by atoms with Crippen molar-refractivity contribution in [3.05, 3.63) is 41.0 Å². The van der Waals surface area contributed by atoms with Crippen LogP contribution in [0.4, 0.5) is 0 Å². The number of rotatable bonds is 6. The molecule has 1 aromatic carbocycles. The zero-order valence-corrected chi connectivity index (χ0v) is 12.8. The molecule has 0 spiro atoms. The van der Waals surface area contributed by atoms with Gasteiger partial charge in [0.1, 0.15) is 5.01 Å². The average molecular weight is 274 g/mol. The Morgan fingerprint density at radius 3 is 2.58 bits per heavy atom. The van der Waals surface area contributed by atoms with E-state index in [1.807, 2.05) is 11.3 Å². The van der Waals surface area contributed by atoms with Gasteiger partial charge >= 0.3 is 0 Å².